The minimum absolute atomic E-state index is 0.0902. The highest BCUT2D eigenvalue weighted by atomic mass is 16.3. The zero-order valence-corrected chi connectivity index (χ0v) is 22.6. The second-order valence-corrected chi connectivity index (χ2v) is 10.0. The number of carbonyl (C=O) groups is 2. The predicted octanol–water partition coefficient (Wildman–Crippen LogP) is 4.68. The van der Waals surface area contributed by atoms with Gasteiger partial charge in [-0.25, -0.2) is 4.98 Å². The Hall–Kier alpha value is -4.95. The van der Waals surface area contributed by atoms with E-state index >= 15 is 0 Å². The minimum Gasteiger partial charge on any atom is -0.396 e. The van der Waals surface area contributed by atoms with Crippen LogP contribution < -0.4 is 15.1 Å². The Morgan fingerprint density at radius 2 is 1.54 bits per heavy atom. The monoisotopic (exact) mass is 545 g/mol. The third-order valence-electron chi connectivity index (χ3n) is 7.44. The summed E-state index contributed by atoms with van der Waals surface area (Å²) < 4.78 is 1.77. The van der Waals surface area contributed by atoms with Crippen molar-refractivity contribution in [3.63, 3.8) is 0 Å². The molecular weight excluding hydrogens is 514 g/mol. The molecule has 4 heterocycles. The van der Waals surface area contributed by atoms with E-state index in [9.17, 15) is 14.7 Å². The number of aliphatic hydroxyl groups is 1. The molecular formula is C33H31N5O3. The van der Waals surface area contributed by atoms with E-state index < -0.39 is 11.7 Å². The standard InChI is InChI=1S/C33H31N5O3/c39-22-16-25-9-6-11-30(34-25)37-20-18-36(19-21-37)27-14-12-26(13-15-27)35-33(41)32(40)31-29(24-7-2-1-3-8-24)23-28-10-4-5-17-38(28)31/h1-15,17,23,39H,16,18-22H2,(H,35,41). The number of fused-ring (bicyclic) bond motifs is 1. The van der Waals surface area contributed by atoms with Gasteiger partial charge in [-0.2, -0.15) is 0 Å². The molecule has 0 bridgehead atoms. The number of nitrogens with one attached hydrogen (secondary N) is 1. The fourth-order valence-corrected chi connectivity index (χ4v) is 5.33. The van der Waals surface area contributed by atoms with Crippen LogP contribution in [0.3, 0.4) is 0 Å². The number of nitrogens with zero attached hydrogens (tertiary/aromatic N) is 4. The number of piperazine rings is 1. The van der Waals surface area contributed by atoms with E-state index in [4.69, 9.17) is 0 Å². The molecule has 0 aliphatic carbocycles. The molecule has 5 aromatic rings. The molecule has 2 N–H and O–H groups in total. The third kappa shape index (κ3) is 5.55. The summed E-state index contributed by atoms with van der Waals surface area (Å²) >= 11 is 0. The molecule has 206 valence electrons. The normalized spacial score (nSPS) is 13.4. The van der Waals surface area contributed by atoms with E-state index in [1.54, 1.807) is 10.6 Å². The molecule has 8 heteroatoms. The van der Waals surface area contributed by atoms with Gasteiger partial charge in [-0.1, -0.05) is 42.5 Å². The van der Waals surface area contributed by atoms with Gasteiger partial charge in [0, 0.05) is 73.6 Å². The molecule has 1 fully saturated rings. The van der Waals surface area contributed by atoms with Gasteiger partial charge in [0.15, 0.2) is 0 Å². The Morgan fingerprint density at radius 3 is 2.29 bits per heavy atom. The minimum atomic E-state index is -0.677. The van der Waals surface area contributed by atoms with Gasteiger partial charge in [0.2, 0.25) is 0 Å². The van der Waals surface area contributed by atoms with Crippen molar-refractivity contribution in [3.8, 4) is 11.1 Å². The predicted molar refractivity (Wildman–Crippen MR) is 162 cm³/mol. The van der Waals surface area contributed by atoms with Crippen molar-refractivity contribution >= 4 is 34.4 Å². The van der Waals surface area contributed by atoms with Gasteiger partial charge in [-0.15, -0.1) is 0 Å². The summed E-state index contributed by atoms with van der Waals surface area (Å²) in [5.41, 5.74) is 5.31. The number of benzene rings is 2. The van der Waals surface area contributed by atoms with Crippen molar-refractivity contribution in [1.29, 1.82) is 0 Å². The fraction of sp³-hybridized carbons (Fsp3) is 0.182. The zero-order chi connectivity index (χ0) is 28.2. The highest BCUT2D eigenvalue weighted by molar-refractivity contribution is 6.47. The number of hydrogen-bond acceptors (Lipinski definition) is 6. The first-order valence-corrected chi connectivity index (χ1v) is 13.8. The Kier molecular flexibility index (Phi) is 7.47. The fourth-order valence-electron chi connectivity index (χ4n) is 5.33. The van der Waals surface area contributed by atoms with Crippen molar-refractivity contribution in [2.45, 2.75) is 6.42 Å². The highest BCUT2D eigenvalue weighted by Crippen LogP contribution is 2.29. The average molecular weight is 546 g/mol. The number of rotatable bonds is 8. The second kappa shape index (κ2) is 11.7. The number of pyridine rings is 2. The molecule has 0 unspecified atom stereocenters. The maximum Gasteiger partial charge on any atom is 0.298 e. The van der Waals surface area contributed by atoms with Gasteiger partial charge in [0.25, 0.3) is 11.7 Å². The number of amides is 1. The number of anilines is 3. The summed E-state index contributed by atoms with van der Waals surface area (Å²) in [4.78, 5) is 35.9. The summed E-state index contributed by atoms with van der Waals surface area (Å²) in [7, 11) is 0. The van der Waals surface area contributed by atoms with E-state index in [0.29, 0.717) is 17.8 Å². The summed E-state index contributed by atoms with van der Waals surface area (Å²) in [5, 5.41) is 12.0. The van der Waals surface area contributed by atoms with Crippen LogP contribution in [0.1, 0.15) is 16.2 Å². The van der Waals surface area contributed by atoms with E-state index in [-0.39, 0.29) is 6.61 Å². The van der Waals surface area contributed by atoms with Crippen LogP contribution in [0.2, 0.25) is 0 Å². The summed E-state index contributed by atoms with van der Waals surface area (Å²) in [5.74, 6) is -0.334. The average Bonchev–Trinajstić information content (AvgIpc) is 3.42. The number of carbonyl (C=O) groups excluding carboxylic acids is 2. The van der Waals surface area contributed by atoms with Crippen LogP contribution in [-0.4, -0.2) is 59.0 Å². The highest BCUT2D eigenvalue weighted by Gasteiger charge is 2.25. The van der Waals surface area contributed by atoms with Gasteiger partial charge >= 0.3 is 0 Å². The molecule has 41 heavy (non-hydrogen) atoms. The number of hydrogen-bond donors (Lipinski definition) is 2. The quantitative estimate of drug-likeness (QED) is 0.217. The molecule has 0 saturated carbocycles. The zero-order valence-electron chi connectivity index (χ0n) is 22.6. The molecule has 6 rings (SSSR count). The molecule has 3 aromatic heterocycles. The van der Waals surface area contributed by atoms with Crippen molar-refractivity contribution < 1.29 is 14.7 Å². The maximum absolute atomic E-state index is 13.5. The van der Waals surface area contributed by atoms with Crippen molar-refractivity contribution in [1.82, 2.24) is 9.38 Å². The number of Topliss-reactive ketones (excluding diaryl/α,β-unsaturated/α-hetero) is 1. The van der Waals surface area contributed by atoms with Crippen LogP contribution in [0.4, 0.5) is 17.2 Å². The molecule has 1 saturated heterocycles. The Bertz CT molecular complexity index is 1670. The van der Waals surface area contributed by atoms with E-state index in [0.717, 1.165) is 60.0 Å². The lowest BCUT2D eigenvalue weighted by atomic mass is 10.0. The van der Waals surface area contributed by atoms with Gasteiger partial charge < -0.3 is 24.6 Å². The lowest BCUT2D eigenvalue weighted by Crippen LogP contribution is -2.46. The van der Waals surface area contributed by atoms with Crippen LogP contribution in [0.25, 0.3) is 16.6 Å². The van der Waals surface area contributed by atoms with Gasteiger partial charge in [0.1, 0.15) is 11.5 Å². The number of ketones is 1. The molecule has 8 nitrogen and oxygen atoms in total. The molecule has 0 radical (unpaired) electrons. The molecule has 1 amide bonds. The van der Waals surface area contributed by atoms with E-state index in [1.807, 2.05) is 97.1 Å². The lowest BCUT2D eigenvalue weighted by molar-refractivity contribution is -0.112. The lowest BCUT2D eigenvalue weighted by Gasteiger charge is -2.37. The molecule has 1 aliphatic heterocycles. The number of aromatic nitrogens is 2. The van der Waals surface area contributed by atoms with Crippen molar-refractivity contribution in [2.75, 3.05) is 47.9 Å². The summed E-state index contributed by atoms with van der Waals surface area (Å²) in [6.07, 6.45) is 2.36. The number of aliphatic hydroxyl groups excluding tert-OH is 1. The first-order valence-electron chi connectivity index (χ1n) is 13.8. The topological polar surface area (TPSA) is 90.2 Å². The first kappa shape index (κ1) is 26.3. The largest absolute Gasteiger partial charge is 0.396 e. The van der Waals surface area contributed by atoms with Gasteiger partial charge in [-0.3, -0.25) is 9.59 Å². The van der Waals surface area contributed by atoms with E-state index in [1.165, 1.54) is 0 Å². The third-order valence-corrected chi connectivity index (χ3v) is 7.44. The van der Waals surface area contributed by atoms with Crippen LogP contribution >= 0.6 is 0 Å². The van der Waals surface area contributed by atoms with Crippen LogP contribution in [0.5, 0.6) is 0 Å². The van der Waals surface area contributed by atoms with Crippen molar-refractivity contribution in [2.24, 2.45) is 0 Å². The summed E-state index contributed by atoms with van der Waals surface area (Å²) in [6, 6.07) is 30.8. The maximum atomic E-state index is 13.5. The Labute approximate surface area is 238 Å². The van der Waals surface area contributed by atoms with Crippen LogP contribution in [-0.2, 0) is 11.2 Å². The van der Waals surface area contributed by atoms with Gasteiger partial charge in [-0.05, 0) is 60.2 Å². The molecule has 0 atom stereocenters. The van der Waals surface area contributed by atoms with E-state index in [2.05, 4.69) is 20.1 Å². The van der Waals surface area contributed by atoms with Crippen molar-refractivity contribution in [3.05, 3.63) is 115 Å². The smallest absolute Gasteiger partial charge is 0.298 e. The Morgan fingerprint density at radius 1 is 0.805 bits per heavy atom. The molecule has 0 spiro atoms. The van der Waals surface area contributed by atoms with Crippen LogP contribution in [0.15, 0.2) is 103 Å². The second-order valence-electron chi connectivity index (χ2n) is 10.0. The molecule has 1 aliphatic rings. The molecule has 2 aromatic carbocycles. The SMILES string of the molecule is O=C(Nc1ccc(N2CCN(c3cccc(CCO)n3)CC2)cc1)C(=O)c1c(-c2ccccc2)cc2ccccn12. The summed E-state index contributed by atoms with van der Waals surface area (Å²) in [6.45, 7) is 3.42. The Balaban J connectivity index is 1.13. The van der Waals surface area contributed by atoms with Gasteiger partial charge in [0.05, 0.1) is 0 Å². The first-order chi connectivity index (χ1) is 20.1. The van der Waals surface area contributed by atoms with Crippen LogP contribution in [0, 0.1) is 0 Å².